The predicted molar refractivity (Wildman–Crippen MR) is 232 cm³/mol. The molecule has 0 saturated heterocycles. The Morgan fingerprint density at radius 1 is 0.393 bits per heavy atom. The standard InChI is InChI=1S/C50H31N5S/c1-3-12-32(13-4-1)36-26-27-42(45(30-36)55-43-20-9-7-16-38(43)39-17-8-10-21-44(39)55)50-53-48(34-14-5-2-6-15-34)52-49(54-50)35-24-22-33(23-25-35)37-18-11-19-41-40-28-29-51-31-46(40)56-47(37)41/h1-31H. The van der Waals surface area contributed by atoms with E-state index in [0.717, 1.165) is 50.1 Å². The normalized spacial score (nSPS) is 11.6. The third-order valence-corrected chi connectivity index (χ3v) is 11.8. The number of benzene rings is 7. The zero-order chi connectivity index (χ0) is 37.0. The second-order valence-electron chi connectivity index (χ2n) is 13.9. The van der Waals surface area contributed by atoms with Crippen molar-refractivity contribution in [2.24, 2.45) is 0 Å². The number of nitrogens with zero attached hydrogens (tertiary/aromatic N) is 5. The van der Waals surface area contributed by atoms with E-state index in [-0.39, 0.29) is 0 Å². The van der Waals surface area contributed by atoms with Crippen molar-refractivity contribution >= 4 is 53.3 Å². The molecule has 5 nitrogen and oxygen atoms in total. The molecule has 4 heterocycles. The van der Waals surface area contributed by atoms with Crippen LogP contribution in [0.3, 0.4) is 0 Å². The third-order valence-electron chi connectivity index (χ3n) is 10.6. The van der Waals surface area contributed by atoms with E-state index in [1.165, 1.54) is 36.5 Å². The minimum absolute atomic E-state index is 0.609. The highest BCUT2D eigenvalue weighted by molar-refractivity contribution is 7.26. The molecule has 0 amide bonds. The van der Waals surface area contributed by atoms with Crippen molar-refractivity contribution in [3.63, 3.8) is 0 Å². The Balaban J connectivity index is 1.11. The monoisotopic (exact) mass is 733 g/mol. The van der Waals surface area contributed by atoms with Crippen LogP contribution in [-0.4, -0.2) is 24.5 Å². The molecule has 0 saturated carbocycles. The van der Waals surface area contributed by atoms with Crippen LogP contribution >= 0.6 is 11.3 Å². The Morgan fingerprint density at radius 3 is 1.68 bits per heavy atom. The molecule has 11 rings (SSSR count). The van der Waals surface area contributed by atoms with Gasteiger partial charge in [-0.3, -0.25) is 4.98 Å². The van der Waals surface area contributed by atoms with Crippen molar-refractivity contribution in [1.29, 1.82) is 0 Å². The van der Waals surface area contributed by atoms with Gasteiger partial charge in [0.05, 0.1) is 21.4 Å². The molecule has 262 valence electrons. The van der Waals surface area contributed by atoms with Gasteiger partial charge >= 0.3 is 0 Å². The third kappa shape index (κ3) is 5.38. The largest absolute Gasteiger partial charge is 0.308 e. The van der Waals surface area contributed by atoms with Gasteiger partial charge in [0.15, 0.2) is 17.5 Å². The van der Waals surface area contributed by atoms with Crippen molar-refractivity contribution in [2.75, 3.05) is 0 Å². The first-order valence-corrected chi connectivity index (χ1v) is 19.4. The summed E-state index contributed by atoms with van der Waals surface area (Å²) in [6, 6.07) is 61.8. The van der Waals surface area contributed by atoms with E-state index < -0.39 is 0 Å². The Bertz CT molecular complexity index is 3190. The van der Waals surface area contributed by atoms with Gasteiger partial charge in [0.1, 0.15) is 0 Å². The van der Waals surface area contributed by atoms with Crippen LogP contribution in [0.15, 0.2) is 188 Å². The quantitative estimate of drug-likeness (QED) is 0.171. The van der Waals surface area contributed by atoms with Crippen molar-refractivity contribution in [1.82, 2.24) is 24.5 Å². The number of fused-ring (bicyclic) bond motifs is 6. The molecule has 0 N–H and O–H groups in total. The molecule has 7 aromatic carbocycles. The highest BCUT2D eigenvalue weighted by Crippen LogP contribution is 2.41. The van der Waals surface area contributed by atoms with Gasteiger partial charge < -0.3 is 4.57 Å². The summed E-state index contributed by atoms with van der Waals surface area (Å²) in [7, 11) is 0. The van der Waals surface area contributed by atoms with Gasteiger partial charge in [-0.15, -0.1) is 11.3 Å². The van der Waals surface area contributed by atoms with Crippen LogP contribution in [0.2, 0.25) is 0 Å². The van der Waals surface area contributed by atoms with E-state index in [9.17, 15) is 0 Å². The minimum atomic E-state index is 0.609. The summed E-state index contributed by atoms with van der Waals surface area (Å²) in [5.74, 6) is 1.85. The maximum atomic E-state index is 5.27. The molecule has 0 aliphatic heterocycles. The van der Waals surface area contributed by atoms with Crippen LogP contribution in [0.1, 0.15) is 0 Å². The lowest BCUT2D eigenvalue weighted by atomic mass is 10.0. The molecular weight excluding hydrogens is 703 g/mol. The summed E-state index contributed by atoms with van der Waals surface area (Å²) in [5, 5.41) is 4.88. The Labute approximate surface area is 326 Å². The highest BCUT2D eigenvalue weighted by Gasteiger charge is 2.20. The van der Waals surface area contributed by atoms with Gasteiger partial charge in [-0.25, -0.2) is 15.0 Å². The average molecular weight is 734 g/mol. The molecule has 4 aromatic heterocycles. The van der Waals surface area contributed by atoms with E-state index >= 15 is 0 Å². The summed E-state index contributed by atoms with van der Waals surface area (Å²) < 4.78 is 4.81. The maximum absolute atomic E-state index is 5.27. The van der Waals surface area contributed by atoms with Crippen molar-refractivity contribution in [3.05, 3.63) is 188 Å². The number of hydrogen-bond donors (Lipinski definition) is 0. The lowest BCUT2D eigenvalue weighted by Gasteiger charge is -2.16. The van der Waals surface area contributed by atoms with Crippen molar-refractivity contribution in [2.45, 2.75) is 0 Å². The molecule has 0 aliphatic carbocycles. The fourth-order valence-corrected chi connectivity index (χ4v) is 9.12. The van der Waals surface area contributed by atoms with Crippen LogP contribution in [0, 0.1) is 0 Å². The first kappa shape index (κ1) is 32.2. The highest BCUT2D eigenvalue weighted by atomic mass is 32.1. The lowest BCUT2D eigenvalue weighted by molar-refractivity contribution is 1.06. The summed E-state index contributed by atoms with van der Waals surface area (Å²) in [4.78, 5) is 20.0. The van der Waals surface area contributed by atoms with Crippen LogP contribution in [0.4, 0.5) is 0 Å². The Hall–Kier alpha value is -7.28. The zero-order valence-corrected chi connectivity index (χ0v) is 30.9. The first-order valence-electron chi connectivity index (χ1n) is 18.6. The van der Waals surface area contributed by atoms with Gasteiger partial charge in [0.25, 0.3) is 0 Å². The van der Waals surface area contributed by atoms with E-state index in [4.69, 9.17) is 15.0 Å². The first-order chi connectivity index (χ1) is 27.8. The summed E-state index contributed by atoms with van der Waals surface area (Å²) in [5.41, 5.74) is 10.6. The molecule has 11 aromatic rings. The van der Waals surface area contributed by atoms with E-state index in [2.05, 4.69) is 167 Å². The number of rotatable bonds is 6. The fraction of sp³-hybridized carbons (Fsp3) is 0. The molecule has 0 unspecified atom stereocenters. The average Bonchev–Trinajstić information content (AvgIpc) is 3.83. The summed E-state index contributed by atoms with van der Waals surface area (Å²) in [6.45, 7) is 0. The Kier molecular flexibility index (Phi) is 7.60. The number of pyridine rings is 1. The van der Waals surface area contributed by atoms with Gasteiger partial charge in [-0.2, -0.15) is 0 Å². The van der Waals surface area contributed by atoms with Crippen molar-refractivity contribution < 1.29 is 0 Å². The zero-order valence-electron chi connectivity index (χ0n) is 30.0. The van der Waals surface area contributed by atoms with Gasteiger partial charge in [-0.1, -0.05) is 146 Å². The van der Waals surface area contributed by atoms with Gasteiger partial charge in [0, 0.05) is 55.3 Å². The summed E-state index contributed by atoms with van der Waals surface area (Å²) >= 11 is 1.79. The van der Waals surface area contributed by atoms with Gasteiger partial charge in [-0.05, 0) is 52.6 Å². The van der Waals surface area contributed by atoms with Crippen molar-refractivity contribution in [3.8, 4) is 62.1 Å². The van der Waals surface area contributed by atoms with Crippen LogP contribution in [0.5, 0.6) is 0 Å². The smallest absolute Gasteiger partial charge is 0.166 e. The lowest BCUT2D eigenvalue weighted by Crippen LogP contribution is -2.04. The predicted octanol–water partition coefficient (Wildman–Crippen LogP) is 13.1. The molecule has 0 bridgehead atoms. The topological polar surface area (TPSA) is 56.5 Å². The summed E-state index contributed by atoms with van der Waals surface area (Å²) in [6.07, 6.45) is 3.82. The van der Waals surface area contributed by atoms with Gasteiger partial charge in [0.2, 0.25) is 0 Å². The van der Waals surface area contributed by atoms with Crippen LogP contribution < -0.4 is 0 Å². The molecule has 0 radical (unpaired) electrons. The molecule has 6 heteroatoms. The molecular formula is C50H31N5S. The molecule has 0 atom stereocenters. The molecule has 0 fully saturated rings. The second-order valence-corrected chi connectivity index (χ2v) is 14.9. The second kappa shape index (κ2) is 13.2. The van der Waals surface area contributed by atoms with Crippen LogP contribution in [0.25, 0.3) is 104 Å². The van der Waals surface area contributed by atoms with E-state index in [0.29, 0.717) is 17.5 Å². The number of hydrogen-bond acceptors (Lipinski definition) is 5. The van der Waals surface area contributed by atoms with E-state index in [1.807, 2.05) is 30.6 Å². The Morgan fingerprint density at radius 2 is 0.964 bits per heavy atom. The number of thiophene rings is 1. The fourth-order valence-electron chi connectivity index (χ4n) is 7.92. The SMILES string of the molecule is c1ccc(-c2ccc(-c3nc(-c4ccccc4)nc(-c4ccc(-c5cccc6c5sc5cnccc56)cc4)n3)c(-n3c4ccccc4c4ccccc43)c2)cc1. The number of para-hydroxylation sites is 2. The molecule has 56 heavy (non-hydrogen) atoms. The minimum Gasteiger partial charge on any atom is -0.308 e. The van der Waals surface area contributed by atoms with Crippen LogP contribution in [-0.2, 0) is 0 Å². The maximum Gasteiger partial charge on any atom is 0.166 e. The molecule has 0 aliphatic rings. The van der Waals surface area contributed by atoms with E-state index in [1.54, 1.807) is 11.3 Å². The molecule has 0 spiro atoms. The number of aromatic nitrogens is 5.